The molecule has 0 atom stereocenters. The molecule has 3 nitrogen and oxygen atoms in total. The van der Waals surface area contributed by atoms with Gasteiger partial charge in [0.25, 0.3) is 5.66 Å². The van der Waals surface area contributed by atoms with Crippen LogP contribution in [0.25, 0.3) is 0 Å². The maximum Gasteiger partial charge on any atom is 0.280 e. The molecule has 2 aromatic carbocycles. The van der Waals surface area contributed by atoms with Crippen LogP contribution >= 0.6 is 34.8 Å². The molecule has 0 N–H and O–H groups in total. The van der Waals surface area contributed by atoms with Crippen molar-refractivity contribution < 1.29 is 4.68 Å². The fraction of sp³-hybridized carbons (Fsp3) is 0.263. The minimum Gasteiger partial charge on any atom is -0.189 e. The summed E-state index contributed by atoms with van der Waals surface area (Å²) in [4.78, 5) is 4.95. The van der Waals surface area contributed by atoms with Crippen LogP contribution in [0.2, 0.25) is 15.1 Å². The van der Waals surface area contributed by atoms with Crippen LogP contribution in [0.5, 0.6) is 0 Å². The Kier molecular flexibility index (Phi) is 4.84. The zero-order valence-electron chi connectivity index (χ0n) is 14.5. The molecule has 0 bridgehead atoms. The van der Waals surface area contributed by atoms with E-state index in [9.17, 15) is 0 Å². The van der Waals surface area contributed by atoms with Crippen LogP contribution in [-0.2, 0) is 0 Å². The molecule has 25 heavy (non-hydrogen) atoms. The molecule has 130 valence electrons. The molecule has 6 heteroatoms. The van der Waals surface area contributed by atoms with E-state index in [-0.39, 0.29) is 0 Å². The number of hydrazine groups is 1. The summed E-state index contributed by atoms with van der Waals surface area (Å²) in [6, 6.07) is 13.4. The lowest BCUT2D eigenvalue weighted by Gasteiger charge is -2.23. The van der Waals surface area contributed by atoms with Crippen molar-refractivity contribution in [3.63, 3.8) is 0 Å². The Morgan fingerprint density at radius 1 is 1.00 bits per heavy atom. The molecule has 2 aromatic rings. The maximum atomic E-state index is 6.53. The SMILES string of the molecule is CC(C)=[N+]1N(c2c(Cl)cc(Cl)cc2Cl)C(c2ccccc2)=NC1(C)C. The Balaban J connectivity index is 2.30. The Labute approximate surface area is 163 Å². The summed E-state index contributed by atoms with van der Waals surface area (Å²) in [7, 11) is 0. The normalized spacial score (nSPS) is 16.2. The predicted molar refractivity (Wildman–Crippen MR) is 108 cm³/mol. The van der Waals surface area contributed by atoms with Gasteiger partial charge < -0.3 is 0 Å². The van der Waals surface area contributed by atoms with Gasteiger partial charge in [-0.25, -0.2) is 0 Å². The van der Waals surface area contributed by atoms with Crippen molar-refractivity contribution in [3.05, 3.63) is 63.1 Å². The molecule has 0 saturated carbocycles. The largest absolute Gasteiger partial charge is 0.280 e. The van der Waals surface area contributed by atoms with Gasteiger partial charge in [-0.2, -0.15) is 4.99 Å². The van der Waals surface area contributed by atoms with E-state index in [0.29, 0.717) is 20.8 Å². The van der Waals surface area contributed by atoms with E-state index in [1.165, 1.54) is 0 Å². The second-order valence-corrected chi connectivity index (χ2v) is 7.84. The molecule has 1 aliphatic heterocycles. The summed E-state index contributed by atoms with van der Waals surface area (Å²) >= 11 is 19.2. The molecule has 1 aliphatic rings. The van der Waals surface area contributed by atoms with Gasteiger partial charge in [-0.3, -0.25) is 0 Å². The summed E-state index contributed by atoms with van der Waals surface area (Å²) in [6.45, 7) is 8.19. The summed E-state index contributed by atoms with van der Waals surface area (Å²) in [5, 5.41) is 3.43. The highest BCUT2D eigenvalue weighted by Gasteiger charge is 2.48. The first kappa shape index (κ1) is 18.2. The Bertz CT molecular complexity index is 859. The fourth-order valence-corrected chi connectivity index (χ4v) is 4.13. The first-order valence-electron chi connectivity index (χ1n) is 7.92. The predicted octanol–water partition coefficient (Wildman–Crippen LogP) is 6.06. The molecular formula is C19H19Cl3N3+. The number of aliphatic imine (C=N–C) groups is 1. The second-order valence-electron chi connectivity index (χ2n) is 6.58. The van der Waals surface area contributed by atoms with Gasteiger partial charge in [0.05, 0.1) is 10.0 Å². The van der Waals surface area contributed by atoms with Gasteiger partial charge in [-0.15, -0.1) is 0 Å². The van der Waals surface area contributed by atoms with Crippen LogP contribution in [0.1, 0.15) is 33.3 Å². The van der Waals surface area contributed by atoms with Gasteiger partial charge in [0.15, 0.2) is 5.71 Å². The van der Waals surface area contributed by atoms with E-state index in [0.717, 1.165) is 17.1 Å². The summed E-state index contributed by atoms with van der Waals surface area (Å²) in [5.41, 5.74) is 2.25. The Morgan fingerprint density at radius 2 is 1.56 bits per heavy atom. The molecule has 0 unspecified atom stereocenters. The fourth-order valence-electron chi connectivity index (χ4n) is 3.16. The van der Waals surface area contributed by atoms with Crippen LogP contribution in [0, 0.1) is 0 Å². The van der Waals surface area contributed by atoms with Gasteiger partial charge in [0.2, 0.25) is 5.84 Å². The van der Waals surface area contributed by atoms with Crippen molar-refractivity contribution in [2.75, 3.05) is 5.01 Å². The van der Waals surface area contributed by atoms with Crippen LogP contribution in [-0.4, -0.2) is 21.9 Å². The lowest BCUT2D eigenvalue weighted by molar-refractivity contribution is -0.590. The van der Waals surface area contributed by atoms with Gasteiger partial charge in [0, 0.05) is 38.3 Å². The van der Waals surface area contributed by atoms with Crippen LogP contribution in [0.4, 0.5) is 5.69 Å². The molecule has 0 aliphatic carbocycles. The van der Waals surface area contributed by atoms with Gasteiger partial charge in [0.1, 0.15) is 5.69 Å². The lowest BCUT2D eigenvalue weighted by Crippen LogP contribution is -2.45. The number of anilines is 1. The second kappa shape index (κ2) is 6.64. The molecule has 0 spiro atoms. The van der Waals surface area contributed by atoms with E-state index in [4.69, 9.17) is 39.8 Å². The number of rotatable bonds is 2. The van der Waals surface area contributed by atoms with E-state index < -0.39 is 5.66 Å². The average Bonchev–Trinajstić information content (AvgIpc) is 2.78. The summed E-state index contributed by atoms with van der Waals surface area (Å²) < 4.78 is 2.09. The summed E-state index contributed by atoms with van der Waals surface area (Å²) in [5.74, 6) is 0.790. The molecule has 0 saturated heterocycles. The van der Waals surface area contributed by atoms with E-state index in [1.54, 1.807) is 12.1 Å². The van der Waals surface area contributed by atoms with Crippen molar-refractivity contribution in [2.24, 2.45) is 4.99 Å². The molecule has 0 radical (unpaired) electrons. The quantitative estimate of drug-likeness (QED) is 0.565. The number of benzene rings is 2. The third-order valence-electron chi connectivity index (χ3n) is 3.95. The van der Waals surface area contributed by atoms with E-state index >= 15 is 0 Å². The lowest BCUT2D eigenvalue weighted by atomic mass is 10.2. The first-order chi connectivity index (χ1) is 11.7. The van der Waals surface area contributed by atoms with Crippen LogP contribution < -0.4 is 5.01 Å². The highest BCUT2D eigenvalue weighted by molar-refractivity contribution is 6.42. The number of hydrogen-bond acceptors (Lipinski definition) is 2. The van der Waals surface area contributed by atoms with Crippen LogP contribution in [0.15, 0.2) is 47.5 Å². The molecule has 1 heterocycles. The number of hydrazone groups is 1. The standard InChI is InChI=1S/C19H19Cl3N3/c1-12(2)25-19(3,4)23-18(13-8-6-5-7-9-13)24(25)17-15(21)10-14(20)11-16(17)22/h5-11H,1-4H3/q+1. The zero-order chi connectivity index (χ0) is 18.4. The van der Waals surface area contributed by atoms with Gasteiger partial charge in [-0.1, -0.05) is 74.8 Å². The van der Waals surface area contributed by atoms with Crippen molar-refractivity contribution in [2.45, 2.75) is 33.4 Å². The smallest absolute Gasteiger partial charge is 0.189 e. The van der Waals surface area contributed by atoms with Crippen molar-refractivity contribution in [1.29, 1.82) is 0 Å². The maximum absolute atomic E-state index is 6.53. The topological polar surface area (TPSA) is 18.6 Å². The molecule has 3 rings (SSSR count). The molecule has 0 amide bonds. The van der Waals surface area contributed by atoms with Gasteiger partial charge >= 0.3 is 0 Å². The average molecular weight is 396 g/mol. The number of halogens is 3. The first-order valence-corrected chi connectivity index (χ1v) is 9.06. The number of nitrogens with zero attached hydrogens (tertiary/aromatic N) is 3. The van der Waals surface area contributed by atoms with E-state index in [2.05, 4.69) is 18.5 Å². The highest BCUT2D eigenvalue weighted by atomic mass is 35.5. The third kappa shape index (κ3) is 3.29. The molecule has 0 aromatic heterocycles. The number of hydrogen-bond donors (Lipinski definition) is 0. The molecule has 0 fully saturated rings. The Morgan fingerprint density at radius 3 is 2.08 bits per heavy atom. The zero-order valence-corrected chi connectivity index (χ0v) is 16.8. The minimum absolute atomic E-state index is 0.476. The third-order valence-corrected chi connectivity index (χ3v) is 4.74. The minimum atomic E-state index is -0.476. The number of amidine groups is 1. The van der Waals surface area contributed by atoms with Gasteiger partial charge in [-0.05, 0) is 12.1 Å². The van der Waals surface area contributed by atoms with E-state index in [1.807, 2.05) is 49.2 Å². The highest BCUT2D eigenvalue weighted by Crippen LogP contribution is 2.41. The van der Waals surface area contributed by atoms with Crippen molar-refractivity contribution >= 4 is 52.0 Å². The Hall–Kier alpha value is -1.55. The van der Waals surface area contributed by atoms with Crippen LogP contribution in [0.3, 0.4) is 0 Å². The van der Waals surface area contributed by atoms with Crippen molar-refractivity contribution in [1.82, 2.24) is 0 Å². The summed E-state index contributed by atoms with van der Waals surface area (Å²) in [6.07, 6.45) is 0. The van der Waals surface area contributed by atoms with Crippen molar-refractivity contribution in [3.8, 4) is 0 Å². The molecular weight excluding hydrogens is 377 g/mol. The monoisotopic (exact) mass is 394 g/mol.